The van der Waals surface area contributed by atoms with Gasteiger partial charge in [-0.1, -0.05) is 48.5 Å². The minimum atomic E-state index is 0.882. The van der Waals surface area contributed by atoms with E-state index in [2.05, 4.69) is 72.4 Å². The Kier molecular flexibility index (Phi) is 6.22. The minimum Gasteiger partial charge on any atom is -0.306 e. The Bertz CT molecular complexity index is 1160. The van der Waals surface area contributed by atoms with Crippen LogP contribution in [0.15, 0.2) is 48.5 Å². The van der Waals surface area contributed by atoms with Crippen LogP contribution in [0.5, 0.6) is 0 Å². The Hall–Kier alpha value is -2.16. The van der Waals surface area contributed by atoms with E-state index in [1.165, 1.54) is 105 Å². The van der Waals surface area contributed by atoms with Crippen molar-refractivity contribution in [3.05, 3.63) is 59.7 Å². The standard InChI is InChI=1S/C32H40N2/c1-33-18-14-23(15-19-33)10-12-25-22-26-6-5-9-29-28-7-3-4-8-30(28)32(31(26)29)27(25)13-11-24-16-20-34(2)21-17-24/h3-9,22-24H,10-21H2,1-2H3. The van der Waals surface area contributed by atoms with Gasteiger partial charge in [-0.3, -0.25) is 0 Å². The lowest BCUT2D eigenvalue weighted by Crippen LogP contribution is -2.30. The van der Waals surface area contributed by atoms with E-state index in [0.29, 0.717) is 0 Å². The summed E-state index contributed by atoms with van der Waals surface area (Å²) in [6.07, 6.45) is 10.7. The minimum absolute atomic E-state index is 0.882. The van der Waals surface area contributed by atoms with Gasteiger partial charge >= 0.3 is 0 Å². The summed E-state index contributed by atoms with van der Waals surface area (Å²) >= 11 is 0. The maximum Gasteiger partial charge on any atom is -0.00191 e. The molecule has 0 unspecified atom stereocenters. The second kappa shape index (κ2) is 9.47. The summed E-state index contributed by atoms with van der Waals surface area (Å²) in [4.78, 5) is 5.00. The molecule has 2 nitrogen and oxygen atoms in total. The van der Waals surface area contributed by atoms with Crippen molar-refractivity contribution < 1.29 is 0 Å². The Morgan fingerprint density at radius 1 is 0.676 bits per heavy atom. The van der Waals surface area contributed by atoms with Crippen LogP contribution in [0.4, 0.5) is 0 Å². The first-order chi connectivity index (χ1) is 16.7. The van der Waals surface area contributed by atoms with E-state index < -0.39 is 0 Å². The van der Waals surface area contributed by atoms with Crippen molar-refractivity contribution in [3.63, 3.8) is 0 Å². The Morgan fingerprint density at radius 3 is 1.94 bits per heavy atom. The van der Waals surface area contributed by atoms with Crippen molar-refractivity contribution in [1.29, 1.82) is 0 Å². The third kappa shape index (κ3) is 4.20. The van der Waals surface area contributed by atoms with Crippen LogP contribution in [0.2, 0.25) is 0 Å². The molecule has 2 heteroatoms. The smallest absolute Gasteiger partial charge is 0.00191 e. The van der Waals surface area contributed by atoms with Crippen LogP contribution in [-0.2, 0) is 12.8 Å². The van der Waals surface area contributed by atoms with E-state index in [4.69, 9.17) is 0 Å². The number of rotatable bonds is 6. The second-order valence-electron chi connectivity index (χ2n) is 11.4. The number of hydrogen-bond acceptors (Lipinski definition) is 2. The summed E-state index contributed by atoms with van der Waals surface area (Å²) in [5, 5.41) is 2.97. The molecule has 1 aliphatic carbocycles. The number of fused-ring (bicyclic) bond motifs is 3. The molecule has 2 saturated heterocycles. The fourth-order valence-electron chi connectivity index (χ4n) is 6.93. The zero-order valence-corrected chi connectivity index (χ0v) is 21.2. The van der Waals surface area contributed by atoms with Gasteiger partial charge < -0.3 is 9.80 Å². The van der Waals surface area contributed by atoms with Gasteiger partial charge in [-0.15, -0.1) is 0 Å². The number of nitrogens with zero attached hydrogens (tertiary/aromatic N) is 2. The lowest BCUT2D eigenvalue weighted by atomic mass is 9.83. The third-order valence-electron chi connectivity index (χ3n) is 9.15. The van der Waals surface area contributed by atoms with Crippen LogP contribution in [0.3, 0.4) is 0 Å². The molecule has 3 aromatic rings. The highest BCUT2D eigenvalue weighted by molar-refractivity contribution is 6.16. The number of piperidine rings is 2. The summed E-state index contributed by atoms with van der Waals surface area (Å²) in [7, 11) is 4.55. The van der Waals surface area contributed by atoms with Gasteiger partial charge in [0, 0.05) is 0 Å². The van der Waals surface area contributed by atoms with Crippen molar-refractivity contribution in [3.8, 4) is 22.3 Å². The number of hydrogen-bond donors (Lipinski definition) is 0. The van der Waals surface area contributed by atoms with E-state index in [1.807, 2.05) is 0 Å². The fraction of sp³-hybridized carbons (Fsp3) is 0.500. The lowest BCUT2D eigenvalue weighted by Gasteiger charge is -2.30. The average Bonchev–Trinajstić information content (AvgIpc) is 3.20. The van der Waals surface area contributed by atoms with E-state index in [-0.39, 0.29) is 0 Å². The van der Waals surface area contributed by atoms with Crippen LogP contribution < -0.4 is 0 Å². The van der Waals surface area contributed by atoms with Gasteiger partial charge in [0.15, 0.2) is 0 Å². The van der Waals surface area contributed by atoms with Crippen LogP contribution >= 0.6 is 0 Å². The first-order valence-electron chi connectivity index (χ1n) is 13.7. The molecule has 3 aromatic carbocycles. The monoisotopic (exact) mass is 452 g/mol. The molecule has 0 aromatic heterocycles. The Labute approximate surface area is 206 Å². The van der Waals surface area contributed by atoms with Crippen molar-refractivity contribution in [2.45, 2.75) is 51.4 Å². The van der Waals surface area contributed by atoms with Crippen LogP contribution in [0.25, 0.3) is 33.0 Å². The summed E-state index contributed by atoms with van der Waals surface area (Å²) in [5.41, 5.74) is 9.27. The third-order valence-corrected chi connectivity index (χ3v) is 9.15. The molecule has 0 bridgehead atoms. The number of benzene rings is 3. The molecule has 2 heterocycles. The average molecular weight is 453 g/mol. The lowest BCUT2D eigenvalue weighted by molar-refractivity contribution is 0.211. The normalized spacial score (nSPS) is 19.7. The first kappa shape index (κ1) is 22.3. The Balaban J connectivity index is 1.36. The molecule has 2 fully saturated rings. The van der Waals surface area contributed by atoms with Crippen molar-refractivity contribution >= 4 is 10.8 Å². The molecule has 178 valence electrons. The number of aryl methyl sites for hydroxylation is 1. The molecule has 0 atom stereocenters. The molecule has 0 radical (unpaired) electrons. The molecular weight excluding hydrogens is 412 g/mol. The van der Waals surface area contributed by atoms with E-state index in [9.17, 15) is 0 Å². The van der Waals surface area contributed by atoms with E-state index in [1.54, 1.807) is 16.7 Å². The molecule has 6 rings (SSSR count). The van der Waals surface area contributed by atoms with Crippen LogP contribution in [0, 0.1) is 11.8 Å². The SMILES string of the molecule is CN1CCC(CCc2cc3cccc4c3c(c2CCC2CCN(C)CC2)-c2ccccc2-4)CC1. The zero-order valence-electron chi connectivity index (χ0n) is 21.2. The predicted octanol–water partition coefficient (Wildman–Crippen LogP) is 7.04. The van der Waals surface area contributed by atoms with Gasteiger partial charge in [0.25, 0.3) is 0 Å². The molecule has 0 saturated carbocycles. The van der Waals surface area contributed by atoms with Gasteiger partial charge in [-0.2, -0.15) is 0 Å². The van der Waals surface area contributed by atoms with Gasteiger partial charge in [-0.25, -0.2) is 0 Å². The van der Waals surface area contributed by atoms with E-state index >= 15 is 0 Å². The number of likely N-dealkylation sites (tertiary alicyclic amines) is 2. The van der Waals surface area contributed by atoms with Gasteiger partial charge in [0.1, 0.15) is 0 Å². The van der Waals surface area contributed by atoms with Crippen molar-refractivity contribution in [1.82, 2.24) is 9.80 Å². The Morgan fingerprint density at radius 2 is 1.26 bits per heavy atom. The van der Waals surface area contributed by atoms with Gasteiger partial charge in [0.2, 0.25) is 0 Å². The highest BCUT2D eigenvalue weighted by Crippen LogP contribution is 2.50. The van der Waals surface area contributed by atoms with Crippen molar-refractivity contribution in [2.75, 3.05) is 40.3 Å². The predicted molar refractivity (Wildman–Crippen MR) is 145 cm³/mol. The summed E-state index contributed by atoms with van der Waals surface area (Å²) in [5.74, 6) is 1.77. The summed E-state index contributed by atoms with van der Waals surface area (Å²) in [6.45, 7) is 5.08. The molecule has 0 N–H and O–H groups in total. The summed E-state index contributed by atoms with van der Waals surface area (Å²) < 4.78 is 0. The molecule has 34 heavy (non-hydrogen) atoms. The quantitative estimate of drug-likeness (QED) is 0.310. The molecule has 0 spiro atoms. The first-order valence-corrected chi connectivity index (χ1v) is 13.7. The molecule has 3 aliphatic rings. The van der Waals surface area contributed by atoms with Gasteiger partial charge in [0.05, 0.1) is 0 Å². The summed E-state index contributed by atoms with van der Waals surface area (Å²) in [6, 6.07) is 18.7. The van der Waals surface area contributed by atoms with Gasteiger partial charge in [-0.05, 0) is 148 Å². The van der Waals surface area contributed by atoms with Crippen molar-refractivity contribution in [2.24, 2.45) is 11.8 Å². The second-order valence-corrected chi connectivity index (χ2v) is 11.4. The molecule has 0 amide bonds. The maximum atomic E-state index is 2.58. The van der Waals surface area contributed by atoms with E-state index in [0.717, 1.165) is 11.8 Å². The van der Waals surface area contributed by atoms with Crippen LogP contribution in [0.1, 0.15) is 49.7 Å². The highest BCUT2D eigenvalue weighted by Gasteiger charge is 2.27. The maximum absolute atomic E-state index is 2.58. The molecule has 2 aliphatic heterocycles. The largest absolute Gasteiger partial charge is 0.306 e. The fourth-order valence-corrected chi connectivity index (χ4v) is 6.93. The topological polar surface area (TPSA) is 6.48 Å². The zero-order chi connectivity index (χ0) is 23.1. The molecular formula is C32H40N2. The highest BCUT2D eigenvalue weighted by atomic mass is 15.1. The van der Waals surface area contributed by atoms with Crippen LogP contribution in [-0.4, -0.2) is 50.1 Å².